The van der Waals surface area contributed by atoms with Crippen LogP contribution in [0.15, 0.2) is 48.0 Å². The highest BCUT2D eigenvalue weighted by Crippen LogP contribution is 2.33. The predicted molar refractivity (Wildman–Crippen MR) is 105 cm³/mol. The second kappa shape index (κ2) is 7.94. The maximum atomic E-state index is 14.7. The number of aliphatic imine (C=N–C) groups is 1. The van der Waals surface area contributed by atoms with E-state index in [4.69, 9.17) is 11.6 Å². The Hall–Kier alpha value is -1.97. The Morgan fingerprint density at radius 3 is 2.52 bits per heavy atom. The van der Waals surface area contributed by atoms with Crippen molar-refractivity contribution in [3.8, 4) is 11.1 Å². The van der Waals surface area contributed by atoms with Gasteiger partial charge in [-0.3, -0.25) is 9.89 Å². The largest absolute Gasteiger partial charge is 0.299 e. The molecule has 1 fully saturated rings. The normalized spacial score (nSPS) is 15.1. The van der Waals surface area contributed by atoms with E-state index in [1.54, 1.807) is 12.1 Å². The summed E-state index contributed by atoms with van der Waals surface area (Å²) < 4.78 is 14.7. The second-order valence-corrected chi connectivity index (χ2v) is 6.90. The summed E-state index contributed by atoms with van der Waals surface area (Å²) in [5, 5.41) is 0.367. The van der Waals surface area contributed by atoms with Crippen molar-refractivity contribution in [2.24, 2.45) is 4.99 Å². The van der Waals surface area contributed by atoms with E-state index in [0.29, 0.717) is 21.8 Å². The molecular formula is C21H22ClFN2. The lowest BCUT2D eigenvalue weighted by Gasteiger charge is -2.26. The van der Waals surface area contributed by atoms with Gasteiger partial charge < -0.3 is 0 Å². The van der Waals surface area contributed by atoms with Crippen LogP contribution in [-0.4, -0.2) is 24.7 Å². The Labute approximate surface area is 153 Å². The van der Waals surface area contributed by atoms with Crippen molar-refractivity contribution in [1.82, 2.24) is 4.90 Å². The summed E-state index contributed by atoms with van der Waals surface area (Å²) in [5.74, 6) is -0.222. The average Bonchev–Trinajstić information content (AvgIpc) is 2.62. The minimum absolute atomic E-state index is 0.222. The third-order valence-electron chi connectivity index (χ3n) is 4.66. The van der Waals surface area contributed by atoms with Crippen molar-refractivity contribution >= 4 is 29.0 Å². The minimum Gasteiger partial charge on any atom is -0.299 e. The summed E-state index contributed by atoms with van der Waals surface area (Å²) in [5.41, 5.74) is 3.63. The second-order valence-electron chi connectivity index (χ2n) is 6.45. The molecule has 0 unspecified atom stereocenters. The number of rotatable bonds is 5. The Kier molecular flexibility index (Phi) is 5.67. The number of benzene rings is 2. The smallest absolute Gasteiger partial charge is 0.131 e. The van der Waals surface area contributed by atoms with Crippen LogP contribution >= 0.6 is 11.6 Å². The maximum Gasteiger partial charge on any atom is 0.131 e. The minimum atomic E-state index is -0.222. The Bertz CT molecular complexity index is 794. The van der Waals surface area contributed by atoms with E-state index in [1.807, 2.05) is 24.3 Å². The highest BCUT2D eigenvalue weighted by Gasteiger charge is 2.13. The fourth-order valence-corrected chi connectivity index (χ4v) is 3.48. The molecule has 1 heterocycles. The molecule has 0 atom stereocenters. The number of piperidine rings is 1. The molecule has 130 valence electrons. The van der Waals surface area contributed by atoms with Crippen LogP contribution in [0.3, 0.4) is 0 Å². The third kappa shape index (κ3) is 4.17. The van der Waals surface area contributed by atoms with Gasteiger partial charge in [0.25, 0.3) is 0 Å². The van der Waals surface area contributed by atoms with Crippen LogP contribution in [0.4, 0.5) is 10.1 Å². The molecule has 0 aromatic heterocycles. The Balaban J connectivity index is 1.86. The molecule has 0 spiro atoms. The first-order valence-corrected chi connectivity index (χ1v) is 8.93. The number of hydrogen-bond donors (Lipinski definition) is 0. The fourth-order valence-electron chi connectivity index (χ4n) is 3.33. The van der Waals surface area contributed by atoms with Crippen molar-refractivity contribution in [2.45, 2.75) is 25.8 Å². The van der Waals surface area contributed by atoms with E-state index in [9.17, 15) is 4.39 Å². The van der Waals surface area contributed by atoms with Gasteiger partial charge >= 0.3 is 0 Å². The van der Waals surface area contributed by atoms with Crippen LogP contribution in [0.5, 0.6) is 0 Å². The lowest BCUT2D eigenvalue weighted by atomic mass is 9.99. The fraction of sp³-hybridized carbons (Fsp3) is 0.286. The lowest BCUT2D eigenvalue weighted by Crippen LogP contribution is -2.29. The molecule has 0 aliphatic carbocycles. The van der Waals surface area contributed by atoms with E-state index < -0.39 is 0 Å². The Morgan fingerprint density at radius 1 is 1.12 bits per heavy atom. The molecule has 0 radical (unpaired) electrons. The Morgan fingerprint density at radius 2 is 1.88 bits per heavy atom. The SMILES string of the molecule is C=Nc1ccc(-c2ccc(CN3CCCCC3)cc2F)cc1C(=C)Cl. The van der Waals surface area contributed by atoms with Crippen molar-refractivity contribution in [2.75, 3.05) is 13.1 Å². The molecule has 0 saturated carbocycles. The summed E-state index contributed by atoms with van der Waals surface area (Å²) in [7, 11) is 0. The molecule has 1 aliphatic heterocycles. The van der Waals surface area contributed by atoms with Gasteiger partial charge in [0.05, 0.1) is 5.69 Å². The van der Waals surface area contributed by atoms with Gasteiger partial charge in [-0.05, 0) is 62.0 Å². The quantitative estimate of drug-likeness (QED) is 0.598. The predicted octanol–water partition coefficient (Wildman–Crippen LogP) is 6.02. The van der Waals surface area contributed by atoms with Crippen LogP contribution in [0.1, 0.15) is 30.4 Å². The molecule has 0 N–H and O–H groups in total. The lowest BCUT2D eigenvalue weighted by molar-refractivity contribution is 0.220. The molecule has 2 aromatic carbocycles. The van der Waals surface area contributed by atoms with Gasteiger partial charge in [-0.15, -0.1) is 0 Å². The van der Waals surface area contributed by atoms with Crippen LogP contribution < -0.4 is 0 Å². The zero-order valence-electron chi connectivity index (χ0n) is 14.3. The number of halogens is 2. The summed E-state index contributed by atoms with van der Waals surface area (Å²) >= 11 is 6.04. The highest BCUT2D eigenvalue weighted by molar-refractivity contribution is 6.48. The molecule has 0 bridgehead atoms. The molecular weight excluding hydrogens is 335 g/mol. The molecule has 3 rings (SSSR count). The molecule has 2 aromatic rings. The van der Waals surface area contributed by atoms with Gasteiger partial charge in [0.1, 0.15) is 5.82 Å². The summed E-state index contributed by atoms with van der Waals surface area (Å²) in [6.45, 7) is 10.3. The first kappa shape index (κ1) is 17.8. The van der Waals surface area contributed by atoms with Gasteiger partial charge in [0.2, 0.25) is 0 Å². The summed E-state index contributed by atoms with van der Waals surface area (Å²) in [6.07, 6.45) is 3.76. The van der Waals surface area contributed by atoms with Crippen molar-refractivity contribution in [3.05, 3.63) is 59.9 Å². The molecule has 2 nitrogen and oxygen atoms in total. The summed E-state index contributed by atoms with van der Waals surface area (Å²) in [4.78, 5) is 6.32. The third-order valence-corrected chi connectivity index (χ3v) is 4.86. The standard InChI is InChI=1S/C21H22ClFN2/c1-15(22)19-13-17(7-9-21(19)24-2)18-8-6-16(12-20(18)23)14-25-10-4-3-5-11-25/h6-9,12-13H,1-5,10-11,14H2. The topological polar surface area (TPSA) is 15.6 Å². The summed E-state index contributed by atoms with van der Waals surface area (Å²) in [6, 6.07) is 10.9. The van der Waals surface area contributed by atoms with Crippen molar-refractivity contribution in [3.63, 3.8) is 0 Å². The number of hydrogen-bond acceptors (Lipinski definition) is 2. The molecule has 1 saturated heterocycles. The van der Waals surface area contributed by atoms with Crippen LogP contribution in [0.25, 0.3) is 16.2 Å². The molecule has 1 aliphatic rings. The molecule has 4 heteroatoms. The monoisotopic (exact) mass is 356 g/mol. The van der Waals surface area contributed by atoms with Crippen LogP contribution in [0, 0.1) is 5.82 Å². The van der Waals surface area contributed by atoms with E-state index in [0.717, 1.165) is 30.8 Å². The van der Waals surface area contributed by atoms with E-state index >= 15 is 0 Å². The average molecular weight is 357 g/mol. The van der Waals surface area contributed by atoms with E-state index in [1.165, 1.54) is 19.3 Å². The zero-order valence-corrected chi connectivity index (χ0v) is 15.0. The van der Waals surface area contributed by atoms with Gasteiger partial charge in [-0.1, -0.05) is 42.8 Å². The molecule has 25 heavy (non-hydrogen) atoms. The van der Waals surface area contributed by atoms with Crippen LogP contribution in [0.2, 0.25) is 0 Å². The number of nitrogens with zero attached hydrogens (tertiary/aromatic N) is 2. The van der Waals surface area contributed by atoms with Gasteiger partial charge in [0, 0.05) is 22.7 Å². The van der Waals surface area contributed by atoms with Gasteiger partial charge in [0.15, 0.2) is 0 Å². The van der Waals surface area contributed by atoms with E-state index in [2.05, 4.69) is 23.2 Å². The highest BCUT2D eigenvalue weighted by atomic mass is 35.5. The van der Waals surface area contributed by atoms with Gasteiger partial charge in [-0.2, -0.15) is 0 Å². The van der Waals surface area contributed by atoms with Gasteiger partial charge in [-0.25, -0.2) is 4.39 Å². The first-order valence-electron chi connectivity index (χ1n) is 8.55. The van der Waals surface area contributed by atoms with Crippen LogP contribution in [-0.2, 0) is 6.54 Å². The van der Waals surface area contributed by atoms with Crippen molar-refractivity contribution < 1.29 is 4.39 Å². The van der Waals surface area contributed by atoms with Crippen molar-refractivity contribution in [1.29, 1.82) is 0 Å². The zero-order chi connectivity index (χ0) is 17.8. The van der Waals surface area contributed by atoms with E-state index in [-0.39, 0.29) is 5.82 Å². The first-order chi connectivity index (χ1) is 12.1. The maximum absolute atomic E-state index is 14.7. The molecule has 0 amide bonds. The number of likely N-dealkylation sites (tertiary alicyclic amines) is 1.